The molecule has 0 bridgehead atoms. The number of aliphatic hydroxyl groups is 1. The van der Waals surface area contributed by atoms with E-state index in [-0.39, 0.29) is 11.3 Å². The normalized spacial score (nSPS) is 16.6. The molecular weight excluding hydrogens is 498 g/mol. The Hall–Kier alpha value is -4.27. The van der Waals surface area contributed by atoms with Gasteiger partial charge in [-0.2, -0.15) is 0 Å². The summed E-state index contributed by atoms with van der Waals surface area (Å²) in [5.41, 5.74) is 1.04. The van der Waals surface area contributed by atoms with E-state index in [1.807, 2.05) is 16.8 Å². The molecule has 1 saturated heterocycles. The molecule has 9 nitrogen and oxygen atoms in total. The van der Waals surface area contributed by atoms with Gasteiger partial charge in [0.25, 0.3) is 11.7 Å². The van der Waals surface area contributed by atoms with Gasteiger partial charge in [0.15, 0.2) is 11.5 Å². The van der Waals surface area contributed by atoms with Crippen molar-refractivity contribution in [2.75, 3.05) is 27.4 Å². The molecule has 1 atom stereocenters. The van der Waals surface area contributed by atoms with E-state index in [2.05, 4.69) is 18.8 Å². The first-order valence-electron chi connectivity index (χ1n) is 13.0. The monoisotopic (exact) mass is 533 g/mol. The van der Waals surface area contributed by atoms with E-state index in [1.54, 1.807) is 56.0 Å². The first-order valence-corrected chi connectivity index (χ1v) is 13.0. The molecule has 1 unspecified atom stereocenters. The van der Waals surface area contributed by atoms with Crippen molar-refractivity contribution in [2.45, 2.75) is 39.3 Å². The zero-order valence-corrected chi connectivity index (χ0v) is 22.8. The highest BCUT2D eigenvalue weighted by Gasteiger charge is 2.46. The van der Waals surface area contributed by atoms with Gasteiger partial charge in [0, 0.05) is 31.0 Å². The molecule has 1 aromatic heterocycles. The van der Waals surface area contributed by atoms with Crippen LogP contribution in [0.25, 0.3) is 5.76 Å². The molecule has 3 aromatic rings. The second kappa shape index (κ2) is 12.5. The summed E-state index contributed by atoms with van der Waals surface area (Å²) in [5.74, 6) is 0.424. The predicted molar refractivity (Wildman–Crippen MR) is 147 cm³/mol. The van der Waals surface area contributed by atoms with E-state index in [9.17, 15) is 14.7 Å². The largest absolute Gasteiger partial charge is 0.507 e. The number of imidazole rings is 1. The molecule has 1 amide bonds. The van der Waals surface area contributed by atoms with Crippen LogP contribution in [0.3, 0.4) is 0 Å². The summed E-state index contributed by atoms with van der Waals surface area (Å²) in [6.07, 6.45) is 6.72. The maximum Gasteiger partial charge on any atom is 0.295 e. The molecule has 2 aromatic carbocycles. The number of ether oxygens (including phenoxy) is 3. The van der Waals surface area contributed by atoms with Crippen LogP contribution >= 0.6 is 0 Å². The van der Waals surface area contributed by atoms with Crippen LogP contribution in [0.1, 0.15) is 43.9 Å². The Kier molecular flexibility index (Phi) is 8.91. The van der Waals surface area contributed by atoms with Gasteiger partial charge in [0.05, 0.1) is 38.8 Å². The molecule has 0 saturated carbocycles. The lowest BCUT2D eigenvalue weighted by molar-refractivity contribution is -0.139. The number of aromatic nitrogens is 2. The van der Waals surface area contributed by atoms with Crippen LogP contribution < -0.4 is 14.2 Å². The zero-order chi connectivity index (χ0) is 27.9. The number of nitrogens with zero attached hydrogens (tertiary/aromatic N) is 3. The van der Waals surface area contributed by atoms with Crippen LogP contribution in [0, 0.1) is 5.92 Å². The number of ketones is 1. The number of rotatable bonds is 12. The Morgan fingerprint density at radius 3 is 2.56 bits per heavy atom. The van der Waals surface area contributed by atoms with Crippen LogP contribution in [0.2, 0.25) is 0 Å². The fourth-order valence-corrected chi connectivity index (χ4v) is 4.60. The summed E-state index contributed by atoms with van der Waals surface area (Å²) in [6, 6.07) is 11.3. The number of hydrogen-bond acceptors (Lipinski definition) is 7. The summed E-state index contributed by atoms with van der Waals surface area (Å²) in [4.78, 5) is 32.3. The molecule has 4 rings (SSSR count). The van der Waals surface area contributed by atoms with Crippen molar-refractivity contribution in [3.05, 3.63) is 77.9 Å². The first kappa shape index (κ1) is 27.8. The van der Waals surface area contributed by atoms with Gasteiger partial charge in [-0.1, -0.05) is 32.0 Å². The fraction of sp³-hybridized carbons (Fsp3) is 0.367. The smallest absolute Gasteiger partial charge is 0.295 e. The molecule has 9 heteroatoms. The minimum atomic E-state index is -0.808. The molecule has 0 aliphatic carbocycles. The molecule has 2 heterocycles. The molecule has 1 N–H and O–H groups in total. The number of Topliss-reactive ketones (excluding diaryl/α,β-unsaturated/α-hetero) is 1. The summed E-state index contributed by atoms with van der Waals surface area (Å²) in [6.45, 7) is 5.72. The SMILES string of the molecule is COc1cccc(/C(O)=C2\C(=O)C(=O)N(CCCn3ccnc3)C2c2ccc(OCCC(C)C)c(OC)c2)c1. The quantitative estimate of drug-likeness (QED) is 0.202. The summed E-state index contributed by atoms with van der Waals surface area (Å²) >= 11 is 0. The van der Waals surface area contributed by atoms with Gasteiger partial charge in [0.1, 0.15) is 11.5 Å². The van der Waals surface area contributed by atoms with E-state index < -0.39 is 17.7 Å². The maximum absolute atomic E-state index is 13.4. The highest BCUT2D eigenvalue weighted by Crippen LogP contribution is 2.42. The van der Waals surface area contributed by atoms with E-state index in [4.69, 9.17) is 14.2 Å². The van der Waals surface area contributed by atoms with Crippen molar-refractivity contribution in [1.82, 2.24) is 14.5 Å². The molecule has 0 spiro atoms. The minimum absolute atomic E-state index is 0.0198. The molecular formula is C30H35N3O6. The molecule has 0 radical (unpaired) electrons. The highest BCUT2D eigenvalue weighted by molar-refractivity contribution is 6.46. The number of carbonyl (C=O) groups is 2. The predicted octanol–water partition coefficient (Wildman–Crippen LogP) is 4.84. The van der Waals surface area contributed by atoms with Crippen LogP contribution in [0.5, 0.6) is 17.2 Å². The highest BCUT2D eigenvalue weighted by atomic mass is 16.5. The second-order valence-corrected chi connectivity index (χ2v) is 9.82. The maximum atomic E-state index is 13.4. The Labute approximate surface area is 228 Å². The van der Waals surface area contributed by atoms with Gasteiger partial charge in [-0.05, 0) is 48.6 Å². The molecule has 1 aliphatic heterocycles. The molecule has 1 fully saturated rings. The molecule has 206 valence electrons. The summed E-state index contributed by atoms with van der Waals surface area (Å²) < 4.78 is 18.8. The standard InChI is InChI=1S/C30H35N3O6/c1-20(2)11-16-39-24-10-9-21(18-25(24)38-4)27-26(28(34)22-7-5-8-23(17-22)37-3)29(35)30(36)33(27)14-6-13-32-15-12-31-19-32/h5,7-10,12,15,17-20,27,34H,6,11,13-14,16H2,1-4H3/b28-26+. The van der Waals surface area contributed by atoms with Crippen molar-refractivity contribution < 1.29 is 28.9 Å². The van der Waals surface area contributed by atoms with Gasteiger partial charge in [0.2, 0.25) is 0 Å². The Morgan fingerprint density at radius 2 is 1.87 bits per heavy atom. The second-order valence-electron chi connectivity index (χ2n) is 9.82. The average molecular weight is 534 g/mol. The van der Waals surface area contributed by atoms with Crippen LogP contribution in [0.15, 0.2) is 66.8 Å². The lowest BCUT2D eigenvalue weighted by Crippen LogP contribution is -2.31. The molecule has 1 aliphatic rings. The van der Waals surface area contributed by atoms with E-state index in [0.717, 1.165) is 6.42 Å². The third kappa shape index (κ3) is 6.25. The fourth-order valence-electron chi connectivity index (χ4n) is 4.60. The summed E-state index contributed by atoms with van der Waals surface area (Å²) in [7, 11) is 3.07. The van der Waals surface area contributed by atoms with Crippen LogP contribution in [-0.4, -0.2) is 58.6 Å². The number of amides is 1. The van der Waals surface area contributed by atoms with Crippen molar-refractivity contribution >= 4 is 17.4 Å². The third-order valence-electron chi connectivity index (χ3n) is 6.71. The average Bonchev–Trinajstić information content (AvgIpc) is 3.55. The number of hydrogen-bond donors (Lipinski definition) is 1. The number of benzene rings is 2. The van der Waals surface area contributed by atoms with Gasteiger partial charge in [-0.15, -0.1) is 0 Å². The van der Waals surface area contributed by atoms with Crippen LogP contribution in [-0.2, 0) is 16.1 Å². The number of aryl methyl sites for hydroxylation is 1. The van der Waals surface area contributed by atoms with Gasteiger partial charge < -0.3 is 28.8 Å². The Bertz CT molecular complexity index is 1330. The first-order chi connectivity index (χ1) is 18.8. The van der Waals surface area contributed by atoms with Crippen molar-refractivity contribution in [1.29, 1.82) is 0 Å². The Morgan fingerprint density at radius 1 is 1.05 bits per heavy atom. The van der Waals surface area contributed by atoms with E-state index in [1.165, 1.54) is 12.0 Å². The zero-order valence-electron chi connectivity index (χ0n) is 22.8. The lowest BCUT2D eigenvalue weighted by Gasteiger charge is -2.26. The molecule has 39 heavy (non-hydrogen) atoms. The van der Waals surface area contributed by atoms with Gasteiger partial charge in [-0.3, -0.25) is 9.59 Å². The number of likely N-dealkylation sites (tertiary alicyclic amines) is 1. The summed E-state index contributed by atoms with van der Waals surface area (Å²) in [5, 5.41) is 11.4. The van der Waals surface area contributed by atoms with Crippen LogP contribution in [0.4, 0.5) is 0 Å². The van der Waals surface area contributed by atoms with Gasteiger partial charge in [-0.25, -0.2) is 4.98 Å². The lowest BCUT2D eigenvalue weighted by atomic mass is 9.95. The van der Waals surface area contributed by atoms with E-state index >= 15 is 0 Å². The topological polar surface area (TPSA) is 103 Å². The minimum Gasteiger partial charge on any atom is -0.507 e. The number of carbonyl (C=O) groups excluding carboxylic acids is 2. The number of methoxy groups -OCH3 is 2. The van der Waals surface area contributed by atoms with Gasteiger partial charge >= 0.3 is 0 Å². The van der Waals surface area contributed by atoms with Crippen molar-refractivity contribution in [3.8, 4) is 17.2 Å². The Balaban J connectivity index is 1.73. The third-order valence-corrected chi connectivity index (χ3v) is 6.71. The number of aliphatic hydroxyl groups excluding tert-OH is 1. The van der Waals surface area contributed by atoms with E-state index in [0.29, 0.717) is 60.4 Å². The van der Waals surface area contributed by atoms with Crippen molar-refractivity contribution in [3.63, 3.8) is 0 Å². The van der Waals surface area contributed by atoms with Crippen molar-refractivity contribution in [2.24, 2.45) is 5.92 Å².